The number of hydrogen-bond donors (Lipinski definition) is 0. The zero-order valence-corrected chi connectivity index (χ0v) is 8.65. The fourth-order valence-electron chi connectivity index (χ4n) is 2.33. The third kappa shape index (κ3) is 1.89. The second kappa shape index (κ2) is 3.99. The van der Waals surface area contributed by atoms with Crippen LogP contribution in [0, 0.1) is 5.92 Å². The smallest absolute Gasteiger partial charge is 0.133 e. The number of hydrogen-bond acceptors (Lipinski definition) is 1. The standard InChI is InChI=1S/C12H17NO/c1-10(13-7-2-3-8-13)11-5-4-6-12(14)9-11/h2-3,7-8,10-11H,4-6,9H2,1H3. The molecule has 2 atom stereocenters. The summed E-state index contributed by atoms with van der Waals surface area (Å²) in [5.41, 5.74) is 0. The average Bonchev–Trinajstić information content (AvgIpc) is 2.69. The summed E-state index contributed by atoms with van der Waals surface area (Å²) in [6.07, 6.45) is 8.03. The maximum absolute atomic E-state index is 11.3. The molecule has 2 unspecified atom stereocenters. The summed E-state index contributed by atoms with van der Waals surface area (Å²) in [7, 11) is 0. The summed E-state index contributed by atoms with van der Waals surface area (Å²) < 4.78 is 2.21. The maximum atomic E-state index is 11.3. The van der Waals surface area contributed by atoms with Gasteiger partial charge in [0.15, 0.2) is 0 Å². The van der Waals surface area contributed by atoms with Gasteiger partial charge in [-0.1, -0.05) is 0 Å². The molecule has 76 valence electrons. The Kier molecular flexibility index (Phi) is 2.71. The van der Waals surface area contributed by atoms with Crippen molar-refractivity contribution in [1.29, 1.82) is 0 Å². The SMILES string of the molecule is CC(C1CCCC(=O)C1)n1cccc1. The highest BCUT2D eigenvalue weighted by atomic mass is 16.1. The van der Waals surface area contributed by atoms with E-state index in [0.29, 0.717) is 17.7 Å². The quantitative estimate of drug-likeness (QED) is 0.704. The monoisotopic (exact) mass is 191 g/mol. The van der Waals surface area contributed by atoms with Gasteiger partial charge in [0, 0.05) is 31.3 Å². The van der Waals surface area contributed by atoms with E-state index in [-0.39, 0.29) is 0 Å². The van der Waals surface area contributed by atoms with E-state index in [0.717, 1.165) is 19.3 Å². The van der Waals surface area contributed by atoms with Crippen LogP contribution < -0.4 is 0 Å². The van der Waals surface area contributed by atoms with Gasteiger partial charge in [0.2, 0.25) is 0 Å². The predicted molar refractivity (Wildman–Crippen MR) is 56.1 cm³/mol. The summed E-state index contributed by atoms with van der Waals surface area (Å²) in [5.74, 6) is 0.990. The summed E-state index contributed by atoms with van der Waals surface area (Å²) in [6, 6.07) is 4.55. The third-order valence-corrected chi connectivity index (χ3v) is 3.30. The maximum Gasteiger partial charge on any atom is 0.133 e. The highest BCUT2D eigenvalue weighted by molar-refractivity contribution is 5.79. The normalized spacial score (nSPS) is 24.9. The second-order valence-electron chi connectivity index (χ2n) is 4.27. The van der Waals surface area contributed by atoms with Crippen molar-refractivity contribution in [2.45, 2.75) is 38.6 Å². The van der Waals surface area contributed by atoms with Crippen LogP contribution in [0.5, 0.6) is 0 Å². The molecule has 1 aliphatic rings. The third-order valence-electron chi connectivity index (χ3n) is 3.30. The van der Waals surface area contributed by atoms with Gasteiger partial charge in [-0.15, -0.1) is 0 Å². The molecule has 1 fully saturated rings. The molecule has 0 aromatic carbocycles. The topological polar surface area (TPSA) is 22.0 Å². The van der Waals surface area contributed by atoms with E-state index in [1.165, 1.54) is 6.42 Å². The second-order valence-corrected chi connectivity index (χ2v) is 4.27. The lowest BCUT2D eigenvalue weighted by molar-refractivity contribution is -0.121. The first-order chi connectivity index (χ1) is 6.77. The van der Waals surface area contributed by atoms with Crippen LogP contribution >= 0.6 is 0 Å². The Hall–Kier alpha value is -1.05. The number of carbonyl (C=O) groups excluding carboxylic acids is 1. The Morgan fingerprint density at radius 2 is 2.14 bits per heavy atom. The van der Waals surface area contributed by atoms with Crippen molar-refractivity contribution < 1.29 is 4.79 Å². The molecule has 14 heavy (non-hydrogen) atoms. The van der Waals surface area contributed by atoms with Crippen molar-refractivity contribution in [3.8, 4) is 0 Å². The van der Waals surface area contributed by atoms with Crippen LogP contribution in [-0.4, -0.2) is 10.4 Å². The van der Waals surface area contributed by atoms with E-state index in [2.05, 4.69) is 23.9 Å². The van der Waals surface area contributed by atoms with Gasteiger partial charge < -0.3 is 4.57 Å². The van der Waals surface area contributed by atoms with Crippen LogP contribution in [0.2, 0.25) is 0 Å². The van der Waals surface area contributed by atoms with Gasteiger partial charge >= 0.3 is 0 Å². The highest BCUT2D eigenvalue weighted by Crippen LogP contribution is 2.30. The van der Waals surface area contributed by atoms with Crippen LogP contribution in [0.1, 0.15) is 38.6 Å². The summed E-state index contributed by atoms with van der Waals surface area (Å²) in [4.78, 5) is 11.3. The Labute approximate surface area is 84.9 Å². The molecule has 0 N–H and O–H groups in total. The molecular weight excluding hydrogens is 174 g/mol. The van der Waals surface area contributed by atoms with E-state index < -0.39 is 0 Å². The van der Waals surface area contributed by atoms with Crippen LogP contribution in [0.4, 0.5) is 0 Å². The molecule has 0 aliphatic heterocycles. The average molecular weight is 191 g/mol. The Bertz CT molecular complexity index is 302. The Morgan fingerprint density at radius 1 is 1.43 bits per heavy atom. The molecule has 1 aromatic heterocycles. The van der Waals surface area contributed by atoms with Crippen molar-refractivity contribution >= 4 is 5.78 Å². The van der Waals surface area contributed by atoms with Crippen LogP contribution in [0.15, 0.2) is 24.5 Å². The van der Waals surface area contributed by atoms with Crippen molar-refractivity contribution in [3.05, 3.63) is 24.5 Å². The summed E-state index contributed by atoms with van der Waals surface area (Å²) in [6.45, 7) is 2.21. The lowest BCUT2D eigenvalue weighted by atomic mass is 9.84. The minimum absolute atomic E-state index is 0.445. The zero-order valence-electron chi connectivity index (χ0n) is 8.65. The first-order valence-electron chi connectivity index (χ1n) is 5.41. The summed E-state index contributed by atoms with van der Waals surface area (Å²) >= 11 is 0. The largest absolute Gasteiger partial charge is 0.351 e. The molecule has 0 saturated heterocycles. The Balaban J connectivity index is 2.04. The van der Waals surface area contributed by atoms with Gasteiger partial charge in [-0.05, 0) is 37.8 Å². The minimum Gasteiger partial charge on any atom is -0.351 e. The van der Waals surface area contributed by atoms with Crippen molar-refractivity contribution in [1.82, 2.24) is 4.57 Å². The molecule has 1 saturated carbocycles. The number of ketones is 1. The van der Waals surface area contributed by atoms with Gasteiger partial charge in [0.25, 0.3) is 0 Å². The molecule has 2 rings (SSSR count). The number of aromatic nitrogens is 1. The van der Waals surface area contributed by atoms with E-state index in [9.17, 15) is 4.79 Å². The molecule has 0 amide bonds. The van der Waals surface area contributed by atoms with E-state index >= 15 is 0 Å². The van der Waals surface area contributed by atoms with Gasteiger partial charge in [-0.3, -0.25) is 4.79 Å². The number of Topliss-reactive ketones (excluding diaryl/α,β-unsaturated/α-hetero) is 1. The lowest BCUT2D eigenvalue weighted by Crippen LogP contribution is -2.22. The molecule has 0 spiro atoms. The molecule has 0 bridgehead atoms. The Morgan fingerprint density at radius 3 is 2.79 bits per heavy atom. The van der Waals surface area contributed by atoms with Gasteiger partial charge in [0.1, 0.15) is 5.78 Å². The highest BCUT2D eigenvalue weighted by Gasteiger charge is 2.24. The molecule has 1 heterocycles. The molecular formula is C12H17NO. The summed E-state index contributed by atoms with van der Waals surface area (Å²) in [5, 5.41) is 0. The number of nitrogens with zero attached hydrogens (tertiary/aromatic N) is 1. The van der Waals surface area contributed by atoms with Crippen molar-refractivity contribution in [2.75, 3.05) is 0 Å². The fourth-order valence-corrected chi connectivity index (χ4v) is 2.33. The first-order valence-corrected chi connectivity index (χ1v) is 5.41. The molecule has 1 aromatic rings. The van der Waals surface area contributed by atoms with Crippen LogP contribution in [0.25, 0.3) is 0 Å². The minimum atomic E-state index is 0.445. The molecule has 2 nitrogen and oxygen atoms in total. The van der Waals surface area contributed by atoms with Crippen molar-refractivity contribution in [3.63, 3.8) is 0 Å². The fraction of sp³-hybridized carbons (Fsp3) is 0.583. The number of rotatable bonds is 2. The predicted octanol–water partition coefficient (Wildman–Crippen LogP) is 2.81. The zero-order chi connectivity index (χ0) is 9.97. The van der Waals surface area contributed by atoms with E-state index in [4.69, 9.17) is 0 Å². The molecule has 1 aliphatic carbocycles. The van der Waals surface area contributed by atoms with Crippen LogP contribution in [-0.2, 0) is 4.79 Å². The molecule has 0 radical (unpaired) electrons. The molecule has 2 heteroatoms. The van der Waals surface area contributed by atoms with Gasteiger partial charge in [-0.2, -0.15) is 0 Å². The lowest BCUT2D eigenvalue weighted by Gasteiger charge is -2.27. The van der Waals surface area contributed by atoms with Crippen LogP contribution in [0.3, 0.4) is 0 Å². The van der Waals surface area contributed by atoms with E-state index in [1.54, 1.807) is 0 Å². The van der Waals surface area contributed by atoms with E-state index in [1.807, 2.05) is 12.1 Å². The van der Waals surface area contributed by atoms with Crippen molar-refractivity contribution in [2.24, 2.45) is 5.92 Å². The first kappa shape index (κ1) is 9.50. The van der Waals surface area contributed by atoms with Gasteiger partial charge in [0.05, 0.1) is 0 Å². The van der Waals surface area contributed by atoms with Gasteiger partial charge in [-0.25, -0.2) is 0 Å². The number of carbonyl (C=O) groups is 1.